The van der Waals surface area contributed by atoms with Gasteiger partial charge in [0.25, 0.3) is 0 Å². The summed E-state index contributed by atoms with van der Waals surface area (Å²) in [6, 6.07) is 17.2. The van der Waals surface area contributed by atoms with Crippen molar-refractivity contribution in [2.45, 2.75) is 21.9 Å². The fraction of sp³-hybridized carbons (Fsp3) is 0.0769. The molecule has 2 atom stereocenters. The Morgan fingerprint density at radius 2 is 0.914 bits per heavy atom. The summed E-state index contributed by atoms with van der Waals surface area (Å²) in [4.78, 5) is 0.772. The van der Waals surface area contributed by atoms with E-state index in [1.54, 1.807) is 48.5 Å². The second kappa shape index (κ2) is 11.7. The van der Waals surface area contributed by atoms with E-state index in [1.807, 2.05) is 0 Å². The van der Waals surface area contributed by atoms with E-state index in [2.05, 4.69) is 10.6 Å². The minimum atomic E-state index is -1.17. The van der Waals surface area contributed by atoms with Crippen molar-refractivity contribution in [3.05, 3.63) is 130 Å². The maximum atomic E-state index is 15.0. The summed E-state index contributed by atoms with van der Waals surface area (Å²) < 4.78 is 57.5. The zero-order valence-corrected chi connectivity index (χ0v) is 20.4. The first kappa shape index (κ1) is 26.7. The Bertz CT molecular complexity index is 1220. The first-order valence-electron chi connectivity index (χ1n) is 10.2. The van der Waals surface area contributed by atoms with Crippen molar-refractivity contribution in [2.75, 3.05) is 0 Å². The molecule has 35 heavy (non-hydrogen) atoms. The number of rotatable bonds is 7. The molecule has 0 saturated heterocycles. The number of hydrogen-bond donors (Lipinski definition) is 0. The molecule has 9 heteroatoms. The summed E-state index contributed by atoms with van der Waals surface area (Å²) in [5.74, 6) is -3.32. The van der Waals surface area contributed by atoms with Crippen LogP contribution >= 0.6 is 0 Å². The van der Waals surface area contributed by atoms with Crippen LogP contribution in [0.25, 0.3) is 10.6 Å². The average Bonchev–Trinajstić information content (AvgIpc) is 2.79. The van der Waals surface area contributed by atoms with Gasteiger partial charge in [0.15, 0.2) is 0 Å². The molecule has 0 amide bonds. The standard InChI is InChI=1S/C26H18F4N2S2.Ni/c27-15-9-11-17(19(29)13-15)25(31-21-5-1-3-7-23(21)33)26(18-12-10-16(28)14-20(18)30)32-22-6-2-4-8-24(22)34;/h1-14,25-26,33-34H;/q-2;/p-2. The molecule has 0 saturated carbocycles. The van der Waals surface area contributed by atoms with Crippen LogP contribution in [0.1, 0.15) is 23.2 Å². The molecule has 0 aliphatic heterocycles. The van der Waals surface area contributed by atoms with Crippen LogP contribution in [-0.2, 0) is 41.7 Å². The van der Waals surface area contributed by atoms with Gasteiger partial charge in [-0.1, -0.05) is 72.7 Å². The second-order valence-electron chi connectivity index (χ2n) is 7.41. The van der Waals surface area contributed by atoms with Crippen molar-refractivity contribution in [1.82, 2.24) is 0 Å². The Labute approximate surface area is 221 Å². The normalized spacial score (nSPS) is 12.3. The Morgan fingerprint density at radius 3 is 1.26 bits per heavy atom. The molecule has 0 bridgehead atoms. The molecule has 4 aromatic carbocycles. The van der Waals surface area contributed by atoms with Gasteiger partial charge in [0, 0.05) is 28.6 Å². The van der Waals surface area contributed by atoms with Gasteiger partial charge in [0.1, 0.15) is 23.3 Å². The van der Waals surface area contributed by atoms with Crippen LogP contribution in [0.5, 0.6) is 0 Å². The quantitative estimate of drug-likeness (QED) is 0.131. The fourth-order valence-corrected chi connectivity index (χ4v) is 3.93. The van der Waals surface area contributed by atoms with E-state index in [1.165, 1.54) is 12.1 Å². The van der Waals surface area contributed by atoms with Crippen molar-refractivity contribution < 1.29 is 34.1 Å². The van der Waals surface area contributed by atoms with Crippen LogP contribution in [0, 0.1) is 23.3 Å². The first-order chi connectivity index (χ1) is 16.3. The van der Waals surface area contributed by atoms with Crippen molar-refractivity contribution in [1.29, 1.82) is 0 Å². The van der Waals surface area contributed by atoms with E-state index in [9.17, 15) is 8.78 Å². The molecule has 4 rings (SSSR count). The fourth-order valence-electron chi connectivity index (χ4n) is 3.53. The molecule has 2 nitrogen and oxygen atoms in total. The zero-order valence-electron chi connectivity index (χ0n) is 17.8. The predicted molar refractivity (Wildman–Crippen MR) is 128 cm³/mol. The molecule has 0 spiro atoms. The average molecular weight is 555 g/mol. The van der Waals surface area contributed by atoms with Crippen molar-refractivity contribution in [3.8, 4) is 0 Å². The van der Waals surface area contributed by atoms with Crippen LogP contribution < -0.4 is 0 Å². The third-order valence-electron chi connectivity index (χ3n) is 5.15. The van der Waals surface area contributed by atoms with Gasteiger partial charge in [-0.05, 0) is 23.3 Å². The number of halogens is 4. The Morgan fingerprint density at radius 1 is 0.543 bits per heavy atom. The summed E-state index contributed by atoms with van der Waals surface area (Å²) in [6.07, 6.45) is 0. The third-order valence-corrected chi connectivity index (χ3v) is 5.84. The summed E-state index contributed by atoms with van der Waals surface area (Å²) >= 11 is 10.7. The summed E-state index contributed by atoms with van der Waals surface area (Å²) in [5, 5.41) is 9.26. The SMILES string of the molecule is Fc1ccc(C([N-]c2ccccc2[S-])C([N-]c2ccccc2[S-])c2ccc(F)cc2F)c(F)c1.[Ni]. The molecular weight excluding hydrogens is 539 g/mol. The minimum Gasteiger partial charge on any atom is -0.781 e. The number of benzene rings is 4. The van der Waals surface area contributed by atoms with Crippen molar-refractivity contribution >= 4 is 36.6 Å². The Kier molecular flexibility index (Phi) is 8.94. The zero-order chi connectivity index (χ0) is 24.2. The maximum absolute atomic E-state index is 15.0. The minimum absolute atomic E-state index is 0. The molecule has 0 N–H and O–H groups in total. The molecule has 184 valence electrons. The molecule has 0 aliphatic carbocycles. The van der Waals surface area contributed by atoms with Gasteiger partial charge in [-0.2, -0.15) is 21.2 Å². The summed E-state index contributed by atoms with van der Waals surface area (Å²) in [5.41, 5.74) is 0.638. The number of hydrogen-bond acceptors (Lipinski definition) is 2. The van der Waals surface area contributed by atoms with Gasteiger partial charge in [-0.15, -0.1) is 0 Å². The molecule has 4 aromatic rings. The monoisotopic (exact) mass is 554 g/mol. The van der Waals surface area contributed by atoms with Crippen LogP contribution in [0.15, 0.2) is 94.7 Å². The molecule has 0 fully saturated rings. The van der Waals surface area contributed by atoms with Crippen molar-refractivity contribution in [3.63, 3.8) is 0 Å². The maximum Gasteiger partial charge on any atom is 0.128 e. The van der Waals surface area contributed by atoms with Crippen LogP contribution in [0.2, 0.25) is 0 Å². The van der Waals surface area contributed by atoms with Gasteiger partial charge >= 0.3 is 0 Å². The van der Waals surface area contributed by atoms with Crippen LogP contribution in [-0.4, -0.2) is 0 Å². The Hall–Kier alpha value is -2.87. The second-order valence-corrected chi connectivity index (χ2v) is 8.29. The van der Waals surface area contributed by atoms with Gasteiger partial charge in [-0.25, -0.2) is 17.6 Å². The molecule has 0 heterocycles. The van der Waals surface area contributed by atoms with Gasteiger partial charge in [-0.3, -0.25) is 0 Å². The topological polar surface area (TPSA) is 28.2 Å². The molecule has 0 aliphatic rings. The van der Waals surface area contributed by atoms with Gasteiger partial charge in [0.2, 0.25) is 0 Å². The van der Waals surface area contributed by atoms with Gasteiger partial charge < -0.3 is 35.9 Å². The molecule has 0 aromatic heterocycles. The molecule has 2 unspecified atom stereocenters. The van der Waals surface area contributed by atoms with Gasteiger partial charge in [0.05, 0.1) is 0 Å². The predicted octanol–water partition coefficient (Wildman–Crippen LogP) is 8.25. The van der Waals surface area contributed by atoms with E-state index in [-0.39, 0.29) is 27.6 Å². The van der Waals surface area contributed by atoms with E-state index in [0.717, 1.165) is 24.3 Å². The smallest absolute Gasteiger partial charge is 0.128 e. The molecule has 0 radical (unpaired) electrons. The van der Waals surface area contributed by atoms with E-state index in [0.29, 0.717) is 21.2 Å². The van der Waals surface area contributed by atoms with E-state index < -0.39 is 35.4 Å². The molecular formula is C26H16F4N2NiS2-4. The van der Waals surface area contributed by atoms with Crippen molar-refractivity contribution in [2.24, 2.45) is 0 Å². The first-order valence-corrected chi connectivity index (χ1v) is 11.0. The largest absolute Gasteiger partial charge is 0.781 e. The Balaban J connectivity index is 0.00000342. The van der Waals surface area contributed by atoms with E-state index >= 15 is 8.78 Å². The summed E-state index contributed by atoms with van der Waals surface area (Å²) in [6.45, 7) is 0. The summed E-state index contributed by atoms with van der Waals surface area (Å²) in [7, 11) is 0. The van der Waals surface area contributed by atoms with Crippen LogP contribution in [0.4, 0.5) is 28.9 Å². The number of para-hydroxylation sites is 2. The number of nitrogens with zero attached hydrogens (tertiary/aromatic N) is 2. The van der Waals surface area contributed by atoms with Crippen LogP contribution in [0.3, 0.4) is 0 Å². The van der Waals surface area contributed by atoms with E-state index in [4.69, 9.17) is 25.3 Å². The third kappa shape index (κ3) is 6.23.